The van der Waals surface area contributed by atoms with Crippen molar-refractivity contribution < 1.29 is 30.6 Å². The normalized spacial score (nSPS) is 11.8. The number of hydrogen-bond donors (Lipinski definition) is 0. The molecule has 0 saturated heterocycles. The maximum atomic E-state index is 5.88. The molecule has 0 heterocycles. The molecule has 1 nitrogen and oxygen atoms in total. The molecule has 0 bridgehead atoms. The van der Waals surface area contributed by atoms with E-state index >= 15 is 0 Å². The second-order valence-corrected chi connectivity index (χ2v) is 11.0. The Balaban J connectivity index is 0. The average molecular weight is 475 g/mol. The fourth-order valence-corrected chi connectivity index (χ4v) is 3.17. The third kappa shape index (κ3) is 10.6. The molecule has 1 aliphatic carbocycles. The summed E-state index contributed by atoms with van der Waals surface area (Å²) in [6.45, 7) is 7.62. The van der Waals surface area contributed by atoms with Crippen LogP contribution in [0, 0.1) is 6.08 Å². The van der Waals surface area contributed by atoms with Gasteiger partial charge in [-0.3, -0.25) is 6.08 Å². The SMILES string of the molecule is C[Si](C)(C)OCCC[c-]1ccc2ccccc21.Cl.Cl.[C-]1=CC=CC1.[Zr+2]. The van der Waals surface area contributed by atoms with E-state index in [1.807, 2.05) is 12.2 Å². The van der Waals surface area contributed by atoms with Crippen LogP contribution in [-0.2, 0) is 37.1 Å². The van der Waals surface area contributed by atoms with Crippen LogP contribution in [-0.4, -0.2) is 14.9 Å². The molecule has 0 atom stereocenters. The fourth-order valence-electron chi connectivity index (χ4n) is 2.41. The molecular weight excluding hydrogens is 446 g/mol. The van der Waals surface area contributed by atoms with Crippen molar-refractivity contribution in [3.8, 4) is 0 Å². The van der Waals surface area contributed by atoms with Gasteiger partial charge in [0, 0.05) is 6.61 Å². The number of hydrogen-bond acceptors (Lipinski definition) is 1. The molecule has 0 saturated carbocycles. The Morgan fingerprint density at radius 3 is 2.40 bits per heavy atom. The minimum atomic E-state index is -1.33. The summed E-state index contributed by atoms with van der Waals surface area (Å²) in [5.74, 6) is 0. The largest absolute Gasteiger partial charge is 2.00 e. The molecule has 2 aromatic carbocycles. The number of benzene rings is 1. The molecule has 0 aliphatic heterocycles. The molecular formula is C20H28Cl2OSiZr. The Morgan fingerprint density at radius 1 is 1.12 bits per heavy atom. The van der Waals surface area contributed by atoms with E-state index in [2.05, 4.69) is 68.2 Å². The Hall–Kier alpha value is -0.0500. The maximum absolute atomic E-state index is 5.88. The summed E-state index contributed by atoms with van der Waals surface area (Å²) in [5, 5.41) is 2.76. The Morgan fingerprint density at radius 2 is 1.84 bits per heavy atom. The number of halogens is 2. The van der Waals surface area contributed by atoms with Gasteiger partial charge in [-0.25, -0.2) is 12.2 Å². The van der Waals surface area contributed by atoms with Gasteiger partial charge in [0.25, 0.3) is 0 Å². The van der Waals surface area contributed by atoms with Gasteiger partial charge in [-0.2, -0.15) is 12.1 Å². The summed E-state index contributed by atoms with van der Waals surface area (Å²) >= 11 is 0. The first kappa shape index (κ1) is 27.2. The molecule has 0 amide bonds. The summed E-state index contributed by atoms with van der Waals surface area (Å²) < 4.78 is 5.88. The first-order valence-corrected chi connectivity index (χ1v) is 11.5. The minimum Gasteiger partial charge on any atom is -0.418 e. The molecule has 0 radical (unpaired) electrons. The van der Waals surface area contributed by atoms with Crippen LogP contribution in [0.1, 0.15) is 18.4 Å². The predicted molar refractivity (Wildman–Crippen MR) is 113 cm³/mol. The quantitative estimate of drug-likeness (QED) is 0.273. The van der Waals surface area contributed by atoms with Crippen molar-refractivity contribution in [2.45, 2.75) is 38.9 Å². The van der Waals surface area contributed by atoms with Crippen molar-refractivity contribution in [3.63, 3.8) is 0 Å². The van der Waals surface area contributed by atoms with E-state index in [9.17, 15) is 0 Å². The third-order valence-corrected chi connectivity index (χ3v) is 4.55. The molecule has 0 unspecified atom stereocenters. The van der Waals surface area contributed by atoms with E-state index < -0.39 is 8.32 Å². The number of rotatable bonds is 5. The summed E-state index contributed by atoms with van der Waals surface area (Å²) in [4.78, 5) is 0. The van der Waals surface area contributed by atoms with E-state index in [4.69, 9.17) is 4.43 Å². The molecule has 136 valence electrons. The van der Waals surface area contributed by atoms with Gasteiger partial charge < -0.3 is 4.43 Å². The molecule has 25 heavy (non-hydrogen) atoms. The van der Waals surface area contributed by atoms with Crippen LogP contribution in [0.25, 0.3) is 10.8 Å². The zero-order valence-corrected chi connectivity index (χ0v) is 20.3. The zero-order valence-electron chi connectivity index (χ0n) is 15.2. The van der Waals surface area contributed by atoms with Crippen molar-refractivity contribution in [2.75, 3.05) is 6.61 Å². The van der Waals surface area contributed by atoms with Gasteiger partial charge >= 0.3 is 26.2 Å². The topological polar surface area (TPSA) is 9.23 Å². The molecule has 0 fully saturated rings. The van der Waals surface area contributed by atoms with Crippen LogP contribution in [0.15, 0.2) is 54.6 Å². The Labute approximate surface area is 185 Å². The van der Waals surface area contributed by atoms with Gasteiger partial charge in [-0.15, -0.1) is 71.8 Å². The molecule has 5 heteroatoms. The van der Waals surface area contributed by atoms with Gasteiger partial charge in [-0.1, -0.05) is 12.5 Å². The smallest absolute Gasteiger partial charge is 0.418 e. The van der Waals surface area contributed by atoms with Crippen LogP contribution < -0.4 is 0 Å². The van der Waals surface area contributed by atoms with E-state index in [-0.39, 0.29) is 51.0 Å². The predicted octanol–water partition coefficient (Wildman–Crippen LogP) is 6.49. The van der Waals surface area contributed by atoms with Gasteiger partial charge in [0.05, 0.1) is 0 Å². The molecule has 0 aromatic heterocycles. The van der Waals surface area contributed by atoms with Crippen LogP contribution in [0.3, 0.4) is 0 Å². The molecule has 3 rings (SSSR count). The maximum Gasteiger partial charge on any atom is 2.00 e. The van der Waals surface area contributed by atoms with Crippen molar-refractivity contribution in [1.29, 1.82) is 0 Å². The zero-order chi connectivity index (χ0) is 15.8. The molecule has 1 aliphatic rings. The van der Waals surface area contributed by atoms with Crippen molar-refractivity contribution in [1.82, 2.24) is 0 Å². The molecule has 0 spiro atoms. The Kier molecular flexibility index (Phi) is 15.3. The van der Waals surface area contributed by atoms with Gasteiger partial charge in [0.2, 0.25) is 0 Å². The van der Waals surface area contributed by atoms with Crippen molar-refractivity contribution >= 4 is 43.9 Å². The monoisotopic (exact) mass is 472 g/mol. The second kappa shape index (κ2) is 14.1. The van der Waals surface area contributed by atoms with E-state index in [1.54, 1.807) is 0 Å². The number of aryl methyl sites for hydroxylation is 1. The van der Waals surface area contributed by atoms with E-state index in [0.29, 0.717) is 0 Å². The van der Waals surface area contributed by atoms with Crippen LogP contribution in [0.5, 0.6) is 0 Å². The molecule has 0 N–H and O–H groups in total. The van der Waals surface area contributed by atoms with Gasteiger partial charge in [0.15, 0.2) is 8.32 Å². The van der Waals surface area contributed by atoms with Crippen molar-refractivity contribution in [3.05, 3.63) is 66.3 Å². The molecule has 2 aromatic rings. The van der Waals surface area contributed by atoms with Crippen LogP contribution in [0.4, 0.5) is 0 Å². The standard InChI is InChI=1S/C15H21OSi.C5H5.2ClH.Zr/c1-17(2,3)16-12-6-8-14-11-10-13-7-4-5-9-15(13)14;1-2-4-5-3-1;;;/h4-5,7,9-11H,6,8,12H2,1-3H3;1-3H,4H2;2*1H;/q2*-1;;;+2. The summed E-state index contributed by atoms with van der Waals surface area (Å²) in [6, 6.07) is 13.1. The summed E-state index contributed by atoms with van der Waals surface area (Å²) in [5.41, 5.74) is 1.46. The van der Waals surface area contributed by atoms with Gasteiger partial charge in [0.1, 0.15) is 0 Å². The Bertz CT molecular complexity index is 634. The van der Waals surface area contributed by atoms with Crippen LogP contribution >= 0.6 is 24.8 Å². The number of allylic oxidation sites excluding steroid dienone is 4. The first-order chi connectivity index (χ1) is 10.6. The summed E-state index contributed by atoms with van der Waals surface area (Å²) in [7, 11) is -1.33. The fraction of sp³-hybridized carbons (Fsp3) is 0.350. The average Bonchev–Trinajstić information content (AvgIpc) is 3.16. The minimum absolute atomic E-state index is 0. The van der Waals surface area contributed by atoms with Gasteiger partial charge in [-0.05, 0) is 26.1 Å². The third-order valence-electron chi connectivity index (χ3n) is 3.48. The second-order valence-electron chi connectivity index (χ2n) is 6.51. The van der Waals surface area contributed by atoms with Crippen molar-refractivity contribution in [2.24, 2.45) is 0 Å². The van der Waals surface area contributed by atoms with Crippen LogP contribution in [0.2, 0.25) is 19.6 Å². The summed E-state index contributed by atoms with van der Waals surface area (Å²) in [6.07, 6.45) is 12.2. The van der Waals surface area contributed by atoms with E-state index in [1.165, 1.54) is 16.3 Å². The number of fused-ring (bicyclic) bond motifs is 1. The first-order valence-electron chi connectivity index (χ1n) is 8.05. The van der Waals surface area contributed by atoms with E-state index in [0.717, 1.165) is 25.9 Å².